The highest BCUT2D eigenvalue weighted by molar-refractivity contribution is 8.26. The number of aromatic hydroxyl groups is 2. The van der Waals surface area contributed by atoms with E-state index in [0.717, 1.165) is 35.1 Å². The van der Waals surface area contributed by atoms with Crippen LogP contribution in [0.3, 0.4) is 0 Å². The topological polar surface area (TPSA) is 116 Å². The number of nitrogens with zero attached hydrogens (tertiary/aromatic N) is 3. The summed E-state index contributed by atoms with van der Waals surface area (Å²) in [5.74, 6) is -0.627. The molecular formula is C17H11N3O5S2. The number of benzene rings is 2. The lowest BCUT2D eigenvalue weighted by molar-refractivity contribution is -0.384. The lowest BCUT2D eigenvalue weighted by Crippen LogP contribution is -2.22. The molecule has 27 heavy (non-hydrogen) atoms. The maximum atomic E-state index is 12.5. The molecule has 0 bridgehead atoms. The smallest absolute Gasteiger partial charge is 0.286 e. The van der Waals surface area contributed by atoms with Crippen LogP contribution in [0.2, 0.25) is 0 Å². The Kier molecular flexibility index (Phi) is 5.19. The monoisotopic (exact) mass is 401 g/mol. The van der Waals surface area contributed by atoms with Crippen LogP contribution >= 0.6 is 24.0 Å². The van der Waals surface area contributed by atoms with E-state index >= 15 is 0 Å². The minimum absolute atomic E-state index is 0.0680. The number of thiocarbonyl (C=S) groups is 1. The molecule has 1 amide bonds. The number of nitro benzene ring substituents is 1. The molecule has 0 aromatic heterocycles. The minimum atomic E-state index is -0.603. The second kappa shape index (κ2) is 7.56. The van der Waals surface area contributed by atoms with E-state index in [9.17, 15) is 25.1 Å². The van der Waals surface area contributed by atoms with Gasteiger partial charge in [0.1, 0.15) is 11.5 Å². The highest BCUT2D eigenvalue weighted by Crippen LogP contribution is 2.33. The van der Waals surface area contributed by atoms with Crippen molar-refractivity contribution in [3.63, 3.8) is 0 Å². The summed E-state index contributed by atoms with van der Waals surface area (Å²) in [5, 5.41) is 35.1. The Balaban J connectivity index is 1.85. The average Bonchev–Trinajstić information content (AvgIpc) is 2.87. The molecule has 0 atom stereocenters. The summed E-state index contributed by atoms with van der Waals surface area (Å²) in [6.07, 6.45) is 2.70. The van der Waals surface area contributed by atoms with Crippen molar-refractivity contribution < 1.29 is 19.9 Å². The third kappa shape index (κ3) is 4.13. The number of hydrogen-bond acceptors (Lipinski definition) is 8. The van der Waals surface area contributed by atoms with Crippen molar-refractivity contribution in [2.75, 3.05) is 0 Å². The Hall–Kier alpha value is -3.24. The van der Waals surface area contributed by atoms with Crippen molar-refractivity contribution in [3.8, 4) is 11.5 Å². The van der Waals surface area contributed by atoms with Gasteiger partial charge in [-0.15, -0.1) is 0 Å². The summed E-state index contributed by atoms with van der Waals surface area (Å²) >= 11 is 6.18. The molecule has 8 nitrogen and oxygen atoms in total. The molecule has 0 spiro atoms. The molecule has 1 aliphatic rings. The molecule has 1 fully saturated rings. The van der Waals surface area contributed by atoms with Crippen LogP contribution in [0.1, 0.15) is 11.1 Å². The molecule has 10 heteroatoms. The number of hydrogen-bond donors (Lipinski definition) is 2. The number of hydrazone groups is 1. The normalized spacial score (nSPS) is 15.9. The molecule has 1 saturated heterocycles. The van der Waals surface area contributed by atoms with E-state index in [1.54, 1.807) is 18.2 Å². The number of phenols is 2. The third-order valence-electron chi connectivity index (χ3n) is 3.48. The van der Waals surface area contributed by atoms with Crippen LogP contribution in [-0.4, -0.2) is 36.6 Å². The largest absolute Gasteiger partial charge is 0.508 e. The Morgan fingerprint density at radius 1 is 1.22 bits per heavy atom. The van der Waals surface area contributed by atoms with Gasteiger partial charge in [-0.1, -0.05) is 23.9 Å². The predicted octanol–water partition coefficient (Wildman–Crippen LogP) is 3.24. The quantitative estimate of drug-likeness (QED) is 0.266. The van der Waals surface area contributed by atoms with Crippen LogP contribution in [0.5, 0.6) is 11.5 Å². The fourth-order valence-corrected chi connectivity index (χ4v) is 3.38. The molecule has 0 aliphatic carbocycles. The third-order valence-corrected chi connectivity index (χ3v) is 4.76. The summed E-state index contributed by atoms with van der Waals surface area (Å²) < 4.78 is 0.174. The van der Waals surface area contributed by atoms with Gasteiger partial charge in [0.05, 0.1) is 16.0 Å². The fourth-order valence-electron chi connectivity index (χ4n) is 2.20. The van der Waals surface area contributed by atoms with E-state index in [2.05, 4.69) is 5.10 Å². The number of carbonyl (C=O) groups excluding carboxylic acids is 1. The first-order valence-corrected chi connectivity index (χ1v) is 8.66. The highest BCUT2D eigenvalue weighted by atomic mass is 32.2. The van der Waals surface area contributed by atoms with Crippen molar-refractivity contribution in [2.45, 2.75) is 0 Å². The summed E-state index contributed by atoms with van der Waals surface area (Å²) in [6, 6.07) is 9.84. The maximum absolute atomic E-state index is 12.5. The van der Waals surface area contributed by atoms with Crippen LogP contribution in [0.15, 0.2) is 52.5 Å². The minimum Gasteiger partial charge on any atom is -0.508 e. The van der Waals surface area contributed by atoms with Crippen molar-refractivity contribution in [1.29, 1.82) is 0 Å². The first-order chi connectivity index (χ1) is 12.8. The van der Waals surface area contributed by atoms with Gasteiger partial charge in [0.2, 0.25) is 0 Å². The zero-order chi connectivity index (χ0) is 19.6. The van der Waals surface area contributed by atoms with Gasteiger partial charge in [0, 0.05) is 17.7 Å². The van der Waals surface area contributed by atoms with E-state index in [1.165, 1.54) is 18.2 Å². The van der Waals surface area contributed by atoms with Gasteiger partial charge in [0.15, 0.2) is 4.32 Å². The Labute approximate surface area is 162 Å². The highest BCUT2D eigenvalue weighted by Gasteiger charge is 2.32. The molecular weight excluding hydrogens is 390 g/mol. The van der Waals surface area contributed by atoms with Gasteiger partial charge in [-0.2, -0.15) is 10.1 Å². The number of nitro groups is 1. The lowest BCUT2D eigenvalue weighted by atomic mass is 10.2. The molecule has 1 aliphatic heterocycles. The van der Waals surface area contributed by atoms with Crippen molar-refractivity contribution in [2.24, 2.45) is 5.10 Å². The van der Waals surface area contributed by atoms with E-state index in [4.69, 9.17) is 12.2 Å². The van der Waals surface area contributed by atoms with Crippen molar-refractivity contribution >= 4 is 52.2 Å². The van der Waals surface area contributed by atoms with Crippen LogP contribution in [0.4, 0.5) is 5.69 Å². The Morgan fingerprint density at radius 2 is 2.00 bits per heavy atom. The zero-order valence-electron chi connectivity index (χ0n) is 13.5. The number of non-ortho nitro benzene ring substituents is 1. The molecule has 0 radical (unpaired) electrons. The summed E-state index contributed by atoms with van der Waals surface area (Å²) in [5.41, 5.74) is 0.481. The Morgan fingerprint density at radius 3 is 2.70 bits per heavy atom. The van der Waals surface area contributed by atoms with E-state index in [0.29, 0.717) is 10.5 Å². The number of phenolic OH excluding ortho intramolecular Hbond substituents is 2. The van der Waals surface area contributed by atoms with E-state index in [1.807, 2.05) is 0 Å². The van der Waals surface area contributed by atoms with Crippen LogP contribution in [-0.2, 0) is 4.79 Å². The maximum Gasteiger partial charge on any atom is 0.286 e. The Bertz CT molecular complexity index is 1020. The van der Waals surface area contributed by atoms with Crippen LogP contribution in [0.25, 0.3) is 6.08 Å². The molecule has 2 N–H and O–H groups in total. The average molecular weight is 401 g/mol. The summed E-state index contributed by atoms with van der Waals surface area (Å²) in [7, 11) is 0. The molecule has 2 aromatic carbocycles. The van der Waals surface area contributed by atoms with Crippen LogP contribution < -0.4 is 0 Å². The molecule has 2 aromatic rings. The van der Waals surface area contributed by atoms with Gasteiger partial charge in [0.25, 0.3) is 11.6 Å². The fraction of sp³-hybridized carbons (Fsp3) is 0. The van der Waals surface area contributed by atoms with Crippen molar-refractivity contribution in [3.05, 3.63) is 68.6 Å². The van der Waals surface area contributed by atoms with Gasteiger partial charge >= 0.3 is 0 Å². The second-order valence-electron chi connectivity index (χ2n) is 5.33. The number of thioether (sulfide) groups is 1. The van der Waals surface area contributed by atoms with Crippen LogP contribution in [0, 0.1) is 10.1 Å². The number of amides is 1. The second-order valence-corrected chi connectivity index (χ2v) is 7.01. The number of carbonyl (C=O) groups is 1. The predicted molar refractivity (Wildman–Crippen MR) is 105 cm³/mol. The van der Waals surface area contributed by atoms with Gasteiger partial charge in [-0.05, 0) is 42.1 Å². The molecule has 0 saturated carbocycles. The van der Waals surface area contributed by atoms with Gasteiger partial charge < -0.3 is 10.2 Å². The molecule has 136 valence electrons. The standard InChI is InChI=1S/C17H11N3O5S2/c21-13-3-1-2-10(6-13)7-15-16(23)19(17(26)27-15)18-9-11-8-12(20(24)25)4-5-14(11)22/h1-9,21-22H/b15-7+,18-9+. The SMILES string of the molecule is O=C1/C(=C\c2cccc(O)c2)SC(=S)N1/N=C/c1cc([N+](=O)[O-])ccc1O. The molecule has 3 rings (SSSR count). The first kappa shape index (κ1) is 18.5. The van der Waals surface area contributed by atoms with Crippen molar-refractivity contribution in [1.82, 2.24) is 5.01 Å². The molecule has 1 heterocycles. The summed E-state index contributed by atoms with van der Waals surface area (Å²) in [4.78, 5) is 23.0. The van der Waals surface area contributed by atoms with E-state index < -0.39 is 10.8 Å². The first-order valence-electron chi connectivity index (χ1n) is 7.43. The zero-order valence-corrected chi connectivity index (χ0v) is 15.1. The number of rotatable bonds is 4. The van der Waals surface area contributed by atoms with Gasteiger partial charge in [-0.25, -0.2) is 0 Å². The van der Waals surface area contributed by atoms with Gasteiger partial charge in [-0.3, -0.25) is 14.9 Å². The summed E-state index contributed by atoms with van der Waals surface area (Å²) in [6.45, 7) is 0. The lowest BCUT2D eigenvalue weighted by Gasteiger charge is -2.06. The van der Waals surface area contributed by atoms with E-state index in [-0.39, 0.29) is 27.1 Å². The molecule has 0 unspecified atom stereocenters.